The van der Waals surface area contributed by atoms with E-state index in [2.05, 4.69) is 20.2 Å². The lowest BCUT2D eigenvalue weighted by Gasteiger charge is -2.26. The fraction of sp³-hybridized carbons (Fsp3) is 0.550. The van der Waals surface area contributed by atoms with E-state index >= 15 is 0 Å². The number of hydrogen-bond donors (Lipinski definition) is 3. The SMILES string of the molecule is CCCCC(NC(N)=O)C(=O)Nc1nc2ccccc2n1C1CCCCC1. The summed E-state index contributed by atoms with van der Waals surface area (Å²) in [6.45, 7) is 2.04. The van der Waals surface area contributed by atoms with E-state index in [0.717, 1.165) is 36.7 Å². The van der Waals surface area contributed by atoms with Crippen molar-refractivity contribution in [2.24, 2.45) is 5.73 Å². The van der Waals surface area contributed by atoms with Crippen LogP contribution in [0.25, 0.3) is 11.0 Å². The molecule has 27 heavy (non-hydrogen) atoms. The first-order valence-corrected chi connectivity index (χ1v) is 9.94. The Labute approximate surface area is 159 Å². The van der Waals surface area contributed by atoms with Crippen molar-refractivity contribution in [3.63, 3.8) is 0 Å². The number of imidazole rings is 1. The second-order valence-electron chi connectivity index (χ2n) is 7.28. The maximum absolute atomic E-state index is 12.8. The molecule has 7 nitrogen and oxygen atoms in total. The molecule has 4 N–H and O–H groups in total. The van der Waals surface area contributed by atoms with Gasteiger partial charge in [0, 0.05) is 6.04 Å². The van der Waals surface area contributed by atoms with E-state index in [1.165, 1.54) is 19.3 Å². The van der Waals surface area contributed by atoms with Crippen LogP contribution in [0.15, 0.2) is 24.3 Å². The van der Waals surface area contributed by atoms with Crippen LogP contribution in [0, 0.1) is 0 Å². The van der Waals surface area contributed by atoms with Crippen LogP contribution in [-0.4, -0.2) is 27.5 Å². The molecule has 1 aliphatic carbocycles. The Hall–Kier alpha value is -2.57. The predicted molar refractivity (Wildman–Crippen MR) is 107 cm³/mol. The highest BCUT2D eigenvalue weighted by Gasteiger charge is 2.25. The third-order valence-electron chi connectivity index (χ3n) is 5.25. The number of carbonyl (C=O) groups excluding carboxylic acids is 2. The summed E-state index contributed by atoms with van der Waals surface area (Å²) in [5.74, 6) is 0.287. The molecule has 1 saturated carbocycles. The predicted octanol–water partition coefficient (Wildman–Crippen LogP) is 3.71. The van der Waals surface area contributed by atoms with Gasteiger partial charge in [-0.3, -0.25) is 10.1 Å². The zero-order valence-electron chi connectivity index (χ0n) is 15.9. The number of nitrogens with one attached hydrogen (secondary N) is 2. The van der Waals surface area contributed by atoms with Crippen molar-refractivity contribution >= 4 is 28.9 Å². The Morgan fingerprint density at radius 1 is 1.26 bits per heavy atom. The number of para-hydroxylation sites is 2. The number of hydrogen-bond acceptors (Lipinski definition) is 3. The maximum atomic E-state index is 12.8. The van der Waals surface area contributed by atoms with E-state index in [9.17, 15) is 9.59 Å². The number of nitrogens with zero attached hydrogens (tertiary/aromatic N) is 2. The zero-order valence-corrected chi connectivity index (χ0v) is 15.9. The molecule has 3 amide bonds. The first-order valence-electron chi connectivity index (χ1n) is 9.94. The van der Waals surface area contributed by atoms with E-state index < -0.39 is 12.1 Å². The molecular formula is C20H29N5O2. The third kappa shape index (κ3) is 4.59. The first-order chi connectivity index (χ1) is 13.1. The normalized spacial score (nSPS) is 16.2. The van der Waals surface area contributed by atoms with E-state index in [0.29, 0.717) is 18.4 Å². The molecule has 1 heterocycles. The number of aromatic nitrogens is 2. The molecule has 2 aromatic rings. The van der Waals surface area contributed by atoms with Gasteiger partial charge >= 0.3 is 6.03 Å². The molecular weight excluding hydrogens is 342 g/mol. The van der Waals surface area contributed by atoms with Gasteiger partial charge in [0.15, 0.2) is 0 Å². The lowest BCUT2D eigenvalue weighted by atomic mass is 9.95. The van der Waals surface area contributed by atoms with Crippen LogP contribution in [0.4, 0.5) is 10.7 Å². The molecule has 0 aliphatic heterocycles. The summed E-state index contributed by atoms with van der Waals surface area (Å²) in [4.78, 5) is 28.8. The van der Waals surface area contributed by atoms with Gasteiger partial charge in [-0.05, 0) is 31.4 Å². The Kier molecular flexibility index (Phi) is 6.32. The fourth-order valence-corrected chi connectivity index (χ4v) is 3.89. The fourth-order valence-electron chi connectivity index (χ4n) is 3.89. The van der Waals surface area contributed by atoms with Crippen LogP contribution in [0.1, 0.15) is 64.3 Å². The van der Waals surface area contributed by atoms with E-state index in [-0.39, 0.29) is 5.91 Å². The molecule has 7 heteroatoms. The minimum absolute atomic E-state index is 0.269. The number of urea groups is 1. The largest absolute Gasteiger partial charge is 0.352 e. The first kappa shape index (κ1) is 19.2. The number of carbonyl (C=O) groups is 2. The number of benzene rings is 1. The van der Waals surface area contributed by atoms with Crippen molar-refractivity contribution in [2.45, 2.75) is 70.4 Å². The van der Waals surface area contributed by atoms with Crippen LogP contribution in [-0.2, 0) is 4.79 Å². The van der Waals surface area contributed by atoms with Gasteiger partial charge in [0.2, 0.25) is 11.9 Å². The molecule has 1 atom stereocenters. The molecule has 1 fully saturated rings. The van der Waals surface area contributed by atoms with Gasteiger partial charge in [-0.15, -0.1) is 0 Å². The van der Waals surface area contributed by atoms with Gasteiger partial charge in [-0.2, -0.15) is 0 Å². The summed E-state index contributed by atoms with van der Waals surface area (Å²) in [6.07, 6.45) is 8.12. The van der Waals surface area contributed by atoms with Crippen LogP contribution in [0.5, 0.6) is 0 Å². The van der Waals surface area contributed by atoms with Crippen LogP contribution >= 0.6 is 0 Å². The number of fused-ring (bicyclic) bond motifs is 1. The lowest BCUT2D eigenvalue weighted by Crippen LogP contribution is -2.46. The van der Waals surface area contributed by atoms with Gasteiger partial charge in [-0.25, -0.2) is 9.78 Å². The molecule has 3 rings (SSSR count). The highest BCUT2D eigenvalue weighted by molar-refractivity contribution is 5.97. The van der Waals surface area contributed by atoms with Crippen molar-refractivity contribution in [1.82, 2.24) is 14.9 Å². The molecule has 1 aliphatic rings. The van der Waals surface area contributed by atoms with Gasteiger partial charge in [0.05, 0.1) is 11.0 Å². The summed E-state index contributed by atoms with van der Waals surface area (Å²) < 4.78 is 2.16. The van der Waals surface area contributed by atoms with Crippen LogP contribution in [0.2, 0.25) is 0 Å². The molecule has 146 valence electrons. The Morgan fingerprint density at radius 2 is 2.00 bits per heavy atom. The minimum Gasteiger partial charge on any atom is -0.352 e. The van der Waals surface area contributed by atoms with Gasteiger partial charge in [0.1, 0.15) is 6.04 Å². The van der Waals surface area contributed by atoms with Crippen molar-refractivity contribution < 1.29 is 9.59 Å². The third-order valence-corrected chi connectivity index (χ3v) is 5.25. The Balaban J connectivity index is 1.88. The monoisotopic (exact) mass is 371 g/mol. The maximum Gasteiger partial charge on any atom is 0.312 e. The van der Waals surface area contributed by atoms with Gasteiger partial charge in [0.25, 0.3) is 0 Å². The number of amides is 3. The van der Waals surface area contributed by atoms with Crippen molar-refractivity contribution in [3.05, 3.63) is 24.3 Å². The second-order valence-corrected chi connectivity index (χ2v) is 7.28. The summed E-state index contributed by atoms with van der Waals surface area (Å²) in [6, 6.07) is 6.94. The number of unbranched alkanes of at least 4 members (excludes halogenated alkanes) is 1. The smallest absolute Gasteiger partial charge is 0.312 e. The summed E-state index contributed by atoms with van der Waals surface area (Å²) in [5, 5.41) is 5.51. The molecule has 0 spiro atoms. The topological polar surface area (TPSA) is 102 Å². The van der Waals surface area contributed by atoms with Crippen LogP contribution in [0.3, 0.4) is 0 Å². The molecule has 0 radical (unpaired) electrons. The molecule has 1 unspecified atom stereocenters. The average Bonchev–Trinajstić information content (AvgIpc) is 3.03. The number of primary amides is 1. The summed E-state index contributed by atoms with van der Waals surface area (Å²) in [7, 11) is 0. The number of rotatable bonds is 7. The number of anilines is 1. The lowest BCUT2D eigenvalue weighted by molar-refractivity contribution is -0.118. The van der Waals surface area contributed by atoms with E-state index in [1.807, 2.05) is 31.2 Å². The standard InChI is InChI=1S/C20H29N5O2/c1-2-3-11-16(22-19(21)27)18(26)24-20-23-15-12-7-8-13-17(15)25(20)14-9-5-4-6-10-14/h7-8,12-14,16H,2-6,9-11H2,1H3,(H3,21,22,27)(H,23,24,26). The summed E-state index contributed by atoms with van der Waals surface area (Å²) in [5.41, 5.74) is 7.16. The van der Waals surface area contributed by atoms with Gasteiger partial charge in [-0.1, -0.05) is 51.2 Å². The van der Waals surface area contributed by atoms with Crippen molar-refractivity contribution in [2.75, 3.05) is 5.32 Å². The minimum atomic E-state index is -0.688. The van der Waals surface area contributed by atoms with Crippen LogP contribution < -0.4 is 16.4 Å². The molecule has 1 aromatic heterocycles. The second kappa shape index (κ2) is 8.88. The summed E-state index contributed by atoms with van der Waals surface area (Å²) >= 11 is 0. The van der Waals surface area contributed by atoms with Crippen molar-refractivity contribution in [1.29, 1.82) is 0 Å². The molecule has 1 aromatic carbocycles. The highest BCUT2D eigenvalue weighted by atomic mass is 16.2. The quantitative estimate of drug-likeness (QED) is 0.691. The van der Waals surface area contributed by atoms with E-state index in [4.69, 9.17) is 5.73 Å². The molecule has 0 saturated heterocycles. The highest BCUT2D eigenvalue weighted by Crippen LogP contribution is 2.34. The number of nitrogens with two attached hydrogens (primary N) is 1. The average molecular weight is 371 g/mol. The molecule has 0 bridgehead atoms. The van der Waals surface area contributed by atoms with E-state index in [1.54, 1.807) is 0 Å². The zero-order chi connectivity index (χ0) is 19.2. The Morgan fingerprint density at radius 3 is 2.70 bits per heavy atom. The Bertz CT molecular complexity index is 795. The van der Waals surface area contributed by atoms with Gasteiger partial charge < -0.3 is 15.6 Å². The van der Waals surface area contributed by atoms with Crippen molar-refractivity contribution in [3.8, 4) is 0 Å².